The first-order valence-corrected chi connectivity index (χ1v) is 4.43. The Balaban J connectivity index is 2.69. The lowest BCUT2D eigenvalue weighted by Crippen LogP contribution is -2.01. The van der Waals surface area contributed by atoms with Crippen molar-refractivity contribution < 1.29 is 0 Å². The zero-order valence-corrected chi connectivity index (χ0v) is 7.93. The average Bonchev–Trinajstić information content (AvgIpc) is 2.07. The van der Waals surface area contributed by atoms with Crippen LogP contribution in [0, 0.1) is 6.92 Å². The average molecular weight is 185 g/mol. The highest BCUT2D eigenvalue weighted by Gasteiger charge is 1.98. The lowest BCUT2D eigenvalue weighted by molar-refractivity contribution is 0.809. The van der Waals surface area contributed by atoms with Crippen LogP contribution in [0.4, 0.5) is 0 Å². The predicted molar refractivity (Wildman–Crippen MR) is 51.4 cm³/mol. The van der Waals surface area contributed by atoms with Gasteiger partial charge in [0.25, 0.3) is 0 Å². The zero-order chi connectivity index (χ0) is 8.97. The summed E-state index contributed by atoms with van der Waals surface area (Å²) in [6, 6.07) is 2.01. The molecule has 0 unspecified atom stereocenters. The second-order valence-corrected chi connectivity index (χ2v) is 3.22. The molecule has 1 rings (SSSR count). The number of nitrogens with zero attached hydrogens (tertiary/aromatic N) is 1. The highest BCUT2D eigenvalue weighted by Crippen LogP contribution is 2.14. The number of pyridine rings is 1. The molecule has 0 aliphatic carbocycles. The van der Waals surface area contributed by atoms with E-state index in [1.165, 1.54) is 0 Å². The van der Waals surface area contributed by atoms with Crippen LogP contribution in [0.15, 0.2) is 12.3 Å². The molecule has 0 aliphatic heterocycles. The van der Waals surface area contributed by atoms with E-state index in [4.69, 9.17) is 17.3 Å². The number of hydrogen-bond donors (Lipinski definition) is 1. The third-order valence-electron chi connectivity index (χ3n) is 1.74. The van der Waals surface area contributed by atoms with E-state index in [2.05, 4.69) is 4.98 Å². The standard InChI is InChI=1S/C9H13ClN2/c1-7-5-8(3-2-4-11)12-6-9(7)10/h5-6H,2-4,11H2,1H3. The summed E-state index contributed by atoms with van der Waals surface area (Å²) >= 11 is 5.83. The fourth-order valence-corrected chi connectivity index (χ4v) is 1.12. The third kappa shape index (κ3) is 2.47. The van der Waals surface area contributed by atoms with Gasteiger partial charge in [0, 0.05) is 11.9 Å². The summed E-state index contributed by atoms with van der Waals surface area (Å²) in [6.07, 6.45) is 3.62. The molecule has 0 spiro atoms. The van der Waals surface area contributed by atoms with Crippen LogP contribution >= 0.6 is 11.6 Å². The molecule has 0 saturated heterocycles. The molecular weight excluding hydrogens is 172 g/mol. The van der Waals surface area contributed by atoms with Gasteiger partial charge in [0.15, 0.2) is 0 Å². The number of halogens is 1. The summed E-state index contributed by atoms with van der Waals surface area (Å²) in [7, 11) is 0. The first kappa shape index (κ1) is 9.49. The van der Waals surface area contributed by atoms with Gasteiger partial charge in [-0.3, -0.25) is 4.98 Å². The Kier molecular flexibility index (Phi) is 3.50. The highest BCUT2D eigenvalue weighted by molar-refractivity contribution is 6.31. The minimum absolute atomic E-state index is 0.712. The van der Waals surface area contributed by atoms with Crippen molar-refractivity contribution in [1.82, 2.24) is 4.98 Å². The van der Waals surface area contributed by atoms with Gasteiger partial charge in [-0.2, -0.15) is 0 Å². The number of rotatable bonds is 3. The Morgan fingerprint density at radius 2 is 2.33 bits per heavy atom. The molecular formula is C9H13ClN2. The number of aromatic nitrogens is 1. The van der Waals surface area contributed by atoms with Crippen molar-refractivity contribution >= 4 is 11.6 Å². The minimum Gasteiger partial charge on any atom is -0.330 e. The Hall–Kier alpha value is -0.600. The van der Waals surface area contributed by atoms with E-state index in [0.29, 0.717) is 6.54 Å². The van der Waals surface area contributed by atoms with Crippen LogP contribution in [0.1, 0.15) is 17.7 Å². The molecule has 0 aliphatic rings. The topological polar surface area (TPSA) is 38.9 Å². The Labute approximate surface area is 77.8 Å². The van der Waals surface area contributed by atoms with Crippen LogP contribution in [-0.2, 0) is 6.42 Å². The van der Waals surface area contributed by atoms with Crippen molar-refractivity contribution in [1.29, 1.82) is 0 Å². The van der Waals surface area contributed by atoms with Crippen LogP contribution < -0.4 is 5.73 Å². The second-order valence-electron chi connectivity index (χ2n) is 2.82. The van der Waals surface area contributed by atoms with Crippen molar-refractivity contribution in [2.75, 3.05) is 6.54 Å². The van der Waals surface area contributed by atoms with Gasteiger partial charge in [-0.15, -0.1) is 0 Å². The van der Waals surface area contributed by atoms with Gasteiger partial charge in [0.2, 0.25) is 0 Å². The van der Waals surface area contributed by atoms with E-state index in [1.54, 1.807) is 6.20 Å². The van der Waals surface area contributed by atoms with Crippen LogP contribution in [0.5, 0.6) is 0 Å². The maximum atomic E-state index is 5.83. The van der Waals surface area contributed by atoms with Crippen LogP contribution in [0.25, 0.3) is 0 Å². The number of nitrogens with two attached hydrogens (primary N) is 1. The van der Waals surface area contributed by atoms with E-state index in [0.717, 1.165) is 29.1 Å². The van der Waals surface area contributed by atoms with Gasteiger partial charge in [0.1, 0.15) is 0 Å². The van der Waals surface area contributed by atoms with Gasteiger partial charge >= 0.3 is 0 Å². The second kappa shape index (κ2) is 4.43. The maximum absolute atomic E-state index is 5.83. The molecule has 0 bridgehead atoms. The summed E-state index contributed by atoms with van der Waals surface area (Å²) in [6.45, 7) is 2.69. The van der Waals surface area contributed by atoms with Crippen LogP contribution in [0.2, 0.25) is 5.02 Å². The first-order chi connectivity index (χ1) is 5.74. The predicted octanol–water partition coefficient (Wildman–Crippen LogP) is 1.93. The Bertz CT molecular complexity index is 261. The van der Waals surface area contributed by atoms with E-state index in [-0.39, 0.29) is 0 Å². The summed E-state index contributed by atoms with van der Waals surface area (Å²) in [5.41, 5.74) is 7.54. The molecule has 0 atom stereocenters. The minimum atomic E-state index is 0.712. The van der Waals surface area contributed by atoms with Crippen molar-refractivity contribution in [3.05, 3.63) is 28.5 Å². The maximum Gasteiger partial charge on any atom is 0.0618 e. The molecule has 3 heteroatoms. The first-order valence-electron chi connectivity index (χ1n) is 4.05. The summed E-state index contributed by atoms with van der Waals surface area (Å²) in [4.78, 5) is 4.19. The lowest BCUT2D eigenvalue weighted by atomic mass is 10.2. The fourth-order valence-electron chi connectivity index (χ4n) is 1.02. The quantitative estimate of drug-likeness (QED) is 0.780. The summed E-state index contributed by atoms with van der Waals surface area (Å²) < 4.78 is 0. The van der Waals surface area contributed by atoms with E-state index in [1.807, 2.05) is 13.0 Å². The summed E-state index contributed by atoms with van der Waals surface area (Å²) in [5.74, 6) is 0. The van der Waals surface area contributed by atoms with Gasteiger partial charge in [-0.25, -0.2) is 0 Å². The van der Waals surface area contributed by atoms with E-state index in [9.17, 15) is 0 Å². The Morgan fingerprint density at radius 1 is 1.58 bits per heavy atom. The molecule has 0 aromatic carbocycles. The van der Waals surface area contributed by atoms with Crippen LogP contribution in [0.3, 0.4) is 0 Å². The molecule has 0 radical (unpaired) electrons. The number of aryl methyl sites for hydroxylation is 2. The van der Waals surface area contributed by atoms with Gasteiger partial charge in [-0.05, 0) is 37.9 Å². The van der Waals surface area contributed by atoms with Gasteiger partial charge < -0.3 is 5.73 Å². The molecule has 2 nitrogen and oxygen atoms in total. The van der Waals surface area contributed by atoms with Crippen molar-refractivity contribution in [3.8, 4) is 0 Å². The lowest BCUT2D eigenvalue weighted by Gasteiger charge is -2.01. The highest BCUT2D eigenvalue weighted by atomic mass is 35.5. The molecule has 66 valence electrons. The molecule has 0 fully saturated rings. The zero-order valence-electron chi connectivity index (χ0n) is 7.18. The van der Waals surface area contributed by atoms with Crippen molar-refractivity contribution in [2.24, 2.45) is 5.73 Å². The van der Waals surface area contributed by atoms with Gasteiger partial charge in [0.05, 0.1) is 5.02 Å². The molecule has 1 aromatic rings. The third-order valence-corrected chi connectivity index (χ3v) is 2.14. The SMILES string of the molecule is Cc1cc(CCCN)ncc1Cl. The normalized spacial score (nSPS) is 10.2. The fraction of sp³-hybridized carbons (Fsp3) is 0.444. The van der Waals surface area contributed by atoms with Crippen molar-refractivity contribution in [3.63, 3.8) is 0 Å². The van der Waals surface area contributed by atoms with Gasteiger partial charge in [-0.1, -0.05) is 11.6 Å². The molecule has 0 saturated carbocycles. The molecule has 2 N–H and O–H groups in total. The number of hydrogen-bond acceptors (Lipinski definition) is 2. The summed E-state index contributed by atoms with van der Waals surface area (Å²) in [5, 5.41) is 0.728. The van der Waals surface area contributed by atoms with Crippen LogP contribution in [-0.4, -0.2) is 11.5 Å². The van der Waals surface area contributed by atoms with E-state index >= 15 is 0 Å². The molecule has 1 aromatic heterocycles. The molecule has 0 amide bonds. The monoisotopic (exact) mass is 184 g/mol. The smallest absolute Gasteiger partial charge is 0.0618 e. The van der Waals surface area contributed by atoms with E-state index < -0.39 is 0 Å². The molecule has 12 heavy (non-hydrogen) atoms. The van der Waals surface area contributed by atoms with Crippen molar-refractivity contribution in [2.45, 2.75) is 19.8 Å². The molecule has 1 heterocycles. The largest absolute Gasteiger partial charge is 0.330 e. The Morgan fingerprint density at radius 3 is 2.92 bits per heavy atom.